The summed E-state index contributed by atoms with van der Waals surface area (Å²) in [4.78, 5) is 40.4. The van der Waals surface area contributed by atoms with Gasteiger partial charge < -0.3 is 14.7 Å². The van der Waals surface area contributed by atoms with Crippen LogP contribution >= 0.6 is 11.6 Å². The van der Waals surface area contributed by atoms with Gasteiger partial charge in [-0.1, -0.05) is 24.4 Å². The molecule has 4 aliphatic carbocycles. The van der Waals surface area contributed by atoms with Crippen LogP contribution in [0.4, 0.5) is 5.82 Å². The zero-order chi connectivity index (χ0) is 33.8. The maximum absolute atomic E-state index is 12.6. The van der Waals surface area contributed by atoms with Gasteiger partial charge >= 0.3 is 0 Å². The monoisotopic (exact) mass is 675 g/mol. The molecule has 9 rings (SSSR count). The fourth-order valence-corrected chi connectivity index (χ4v) is 9.24. The normalized spacial score (nSPS) is 23.4. The van der Waals surface area contributed by atoms with E-state index in [9.17, 15) is 20.1 Å². The van der Waals surface area contributed by atoms with Crippen molar-refractivity contribution in [3.05, 3.63) is 63.1 Å². The SMILES string of the molecule is N#CC1=C(N2CCC3(CCC3)CC2)c2cc(Cl)ncc2CC1=O.N#CC1=C(N2CCC3(CCC3)CC2)c2cc(N3CCC3)ncc2CC1=O. The van der Waals surface area contributed by atoms with Crippen molar-refractivity contribution in [3.63, 3.8) is 0 Å². The first-order chi connectivity index (χ1) is 23.8. The Morgan fingerprint density at radius 3 is 1.49 bits per heavy atom. The molecule has 10 heteroatoms. The van der Waals surface area contributed by atoms with Crippen LogP contribution in [-0.2, 0) is 22.4 Å². The average molecular weight is 676 g/mol. The highest BCUT2D eigenvalue weighted by Crippen LogP contribution is 2.51. The molecule has 2 spiro atoms. The van der Waals surface area contributed by atoms with Crippen LogP contribution in [0.5, 0.6) is 0 Å². The summed E-state index contributed by atoms with van der Waals surface area (Å²) >= 11 is 6.07. The van der Waals surface area contributed by atoms with E-state index in [2.05, 4.69) is 42.9 Å². The molecule has 2 aromatic heterocycles. The number of halogens is 1. The van der Waals surface area contributed by atoms with E-state index >= 15 is 0 Å². The van der Waals surface area contributed by atoms with Gasteiger partial charge in [0.25, 0.3) is 0 Å². The van der Waals surface area contributed by atoms with Gasteiger partial charge in [-0.3, -0.25) is 9.59 Å². The van der Waals surface area contributed by atoms with Crippen LogP contribution in [0, 0.1) is 33.5 Å². The smallest absolute Gasteiger partial charge is 0.179 e. The minimum atomic E-state index is -0.108. The van der Waals surface area contributed by atoms with Gasteiger partial charge in [0.05, 0.1) is 11.4 Å². The van der Waals surface area contributed by atoms with Crippen LogP contribution in [-0.4, -0.2) is 70.6 Å². The highest BCUT2D eigenvalue weighted by molar-refractivity contribution is 6.29. The van der Waals surface area contributed by atoms with E-state index < -0.39 is 0 Å². The lowest BCUT2D eigenvalue weighted by atomic mass is 9.63. The van der Waals surface area contributed by atoms with Crippen molar-refractivity contribution in [2.75, 3.05) is 44.2 Å². The average Bonchev–Trinajstić information content (AvgIpc) is 3.06. The number of fused-ring (bicyclic) bond motifs is 2. The molecule has 0 atom stereocenters. The van der Waals surface area contributed by atoms with Crippen LogP contribution in [0.1, 0.15) is 92.9 Å². The molecule has 5 heterocycles. The number of ketones is 2. The van der Waals surface area contributed by atoms with Gasteiger partial charge in [0.15, 0.2) is 11.6 Å². The fourth-order valence-electron chi connectivity index (χ4n) is 9.08. The van der Waals surface area contributed by atoms with E-state index in [4.69, 9.17) is 11.6 Å². The molecule has 0 radical (unpaired) electrons. The number of carbonyl (C=O) groups excluding carboxylic acids is 2. The molecule has 5 fully saturated rings. The summed E-state index contributed by atoms with van der Waals surface area (Å²) in [5.74, 6) is 0.812. The Balaban J connectivity index is 0.000000143. The third kappa shape index (κ3) is 5.70. The van der Waals surface area contributed by atoms with E-state index in [-0.39, 0.29) is 23.6 Å². The van der Waals surface area contributed by atoms with Gasteiger partial charge in [-0.2, -0.15) is 10.5 Å². The second-order valence-corrected chi connectivity index (χ2v) is 15.6. The zero-order valence-corrected chi connectivity index (χ0v) is 28.8. The number of anilines is 1. The number of nitriles is 2. The molecule has 0 bridgehead atoms. The third-order valence-electron chi connectivity index (χ3n) is 12.7. The summed E-state index contributed by atoms with van der Waals surface area (Å²) in [5.41, 5.74) is 7.16. The van der Waals surface area contributed by atoms with Crippen molar-refractivity contribution in [1.82, 2.24) is 19.8 Å². The molecular weight excluding hydrogens is 634 g/mol. The van der Waals surface area contributed by atoms with Crippen molar-refractivity contribution in [2.45, 2.75) is 83.5 Å². The zero-order valence-electron chi connectivity index (χ0n) is 28.1. The molecule has 0 aromatic carbocycles. The molecular formula is C39H42ClN7O2. The van der Waals surface area contributed by atoms with Gasteiger partial charge in [-0.15, -0.1) is 0 Å². The van der Waals surface area contributed by atoms with Gasteiger partial charge in [0.1, 0.15) is 34.3 Å². The first kappa shape index (κ1) is 32.0. The molecule has 9 nitrogen and oxygen atoms in total. The predicted molar refractivity (Wildman–Crippen MR) is 187 cm³/mol. The topological polar surface area (TPSA) is 117 Å². The third-order valence-corrected chi connectivity index (χ3v) is 12.9. The Morgan fingerprint density at radius 2 is 1.08 bits per heavy atom. The minimum Gasteiger partial charge on any atom is -0.370 e. The number of carbonyl (C=O) groups is 2. The quantitative estimate of drug-likeness (QED) is 0.347. The van der Waals surface area contributed by atoms with Crippen LogP contribution in [0.25, 0.3) is 11.4 Å². The summed E-state index contributed by atoms with van der Waals surface area (Å²) in [5, 5.41) is 19.6. The van der Waals surface area contributed by atoms with E-state index in [1.165, 1.54) is 57.8 Å². The number of pyridine rings is 2. The predicted octanol–water partition coefficient (Wildman–Crippen LogP) is 6.28. The lowest BCUT2D eigenvalue weighted by Crippen LogP contribution is -2.44. The van der Waals surface area contributed by atoms with Gasteiger partial charge in [-0.05, 0) is 91.9 Å². The molecule has 7 aliphatic rings. The number of hydrogen-bond donors (Lipinski definition) is 0. The van der Waals surface area contributed by atoms with E-state index in [0.29, 0.717) is 28.0 Å². The number of Topliss-reactive ketones (excluding diaryl/α,β-unsaturated/α-hetero) is 2. The van der Waals surface area contributed by atoms with Crippen molar-refractivity contribution in [2.24, 2.45) is 10.8 Å². The number of likely N-dealkylation sites (tertiary alicyclic amines) is 2. The number of allylic oxidation sites excluding steroid dienone is 2. The van der Waals surface area contributed by atoms with Gasteiger partial charge in [-0.25, -0.2) is 9.97 Å². The Bertz CT molecular complexity index is 1850. The molecule has 3 saturated heterocycles. The Hall–Kier alpha value is -4.21. The lowest BCUT2D eigenvalue weighted by Gasteiger charge is -2.49. The maximum atomic E-state index is 12.6. The minimum absolute atomic E-state index is 0.0579. The molecule has 0 unspecified atom stereocenters. The highest BCUT2D eigenvalue weighted by atomic mass is 35.5. The fraction of sp³-hybridized carbons (Fsp3) is 0.538. The number of hydrogen-bond acceptors (Lipinski definition) is 9. The second kappa shape index (κ2) is 12.6. The van der Waals surface area contributed by atoms with Crippen LogP contribution < -0.4 is 4.90 Å². The van der Waals surface area contributed by atoms with E-state index in [1.807, 2.05) is 6.20 Å². The van der Waals surface area contributed by atoms with Gasteiger partial charge in [0.2, 0.25) is 0 Å². The standard InChI is InChI=1S/C21H24N4O.C18H18ClN3O/c22-13-17-18(26)11-15-14-23-19(24-7-2-8-24)12-16(15)20(17)25-9-5-21(6-10-25)3-1-4-21;19-16-9-13-12(11-21-16)8-15(23)14(10-20)17(13)22-6-4-18(5-7-22)2-1-3-18/h12,14H,1-11H2;9,11H,1-8H2. The van der Waals surface area contributed by atoms with E-state index in [1.54, 1.807) is 12.3 Å². The van der Waals surface area contributed by atoms with Crippen molar-refractivity contribution < 1.29 is 9.59 Å². The summed E-state index contributed by atoms with van der Waals surface area (Å²) in [6.45, 7) is 5.81. The number of piperidine rings is 2. The molecule has 3 aliphatic heterocycles. The first-order valence-electron chi connectivity index (χ1n) is 18.1. The molecule has 0 N–H and O–H groups in total. The largest absolute Gasteiger partial charge is 0.370 e. The lowest BCUT2D eigenvalue weighted by molar-refractivity contribution is -0.115. The summed E-state index contributed by atoms with van der Waals surface area (Å²) in [7, 11) is 0. The summed E-state index contributed by atoms with van der Waals surface area (Å²) in [6.07, 6.45) is 18.0. The molecule has 2 saturated carbocycles. The van der Waals surface area contributed by atoms with Crippen molar-refractivity contribution in [3.8, 4) is 12.1 Å². The molecule has 252 valence electrons. The summed E-state index contributed by atoms with van der Waals surface area (Å²) < 4.78 is 0. The van der Waals surface area contributed by atoms with Gasteiger partial charge in [0, 0.05) is 75.6 Å². The summed E-state index contributed by atoms with van der Waals surface area (Å²) in [6, 6.07) is 8.26. The van der Waals surface area contributed by atoms with Crippen LogP contribution in [0.15, 0.2) is 35.7 Å². The Morgan fingerprint density at radius 1 is 0.612 bits per heavy atom. The van der Waals surface area contributed by atoms with Crippen molar-refractivity contribution >= 4 is 40.4 Å². The molecule has 0 amide bonds. The second-order valence-electron chi connectivity index (χ2n) is 15.3. The Labute approximate surface area is 293 Å². The molecule has 49 heavy (non-hydrogen) atoms. The highest BCUT2D eigenvalue weighted by Gasteiger charge is 2.43. The molecule has 2 aromatic rings. The van der Waals surface area contributed by atoms with Crippen molar-refractivity contribution in [1.29, 1.82) is 10.5 Å². The number of aromatic nitrogens is 2. The number of nitrogens with zero attached hydrogens (tertiary/aromatic N) is 7. The van der Waals surface area contributed by atoms with Crippen LogP contribution in [0.2, 0.25) is 5.15 Å². The maximum Gasteiger partial charge on any atom is 0.179 e. The first-order valence-corrected chi connectivity index (χ1v) is 18.4. The van der Waals surface area contributed by atoms with Crippen LogP contribution in [0.3, 0.4) is 0 Å². The number of rotatable bonds is 3. The Kier molecular flexibility index (Phi) is 8.23. The van der Waals surface area contributed by atoms with E-state index in [0.717, 1.165) is 91.6 Å².